The van der Waals surface area contributed by atoms with Crippen LogP contribution in [0.25, 0.3) is 0 Å². The van der Waals surface area contributed by atoms with Crippen LogP contribution >= 0.6 is 0 Å². The normalized spacial score (nSPS) is 29.0. The lowest BCUT2D eigenvalue weighted by molar-refractivity contribution is -0.286. The predicted octanol–water partition coefficient (Wildman–Crippen LogP) is 5.46. The lowest BCUT2D eigenvalue weighted by Gasteiger charge is -2.39. The van der Waals surface area contributed by atoms with Gasteiger partial charge in [-0.3, -0.25) is 9.59 Å². The Hall–Kier alpha value is -3.97. The van der Waals surface area contributed by atoms with Crippen LogP contribution in [0.3, 0.4) is 0 Å². The number of amides is 1. The number of carbonyl (C=O) groups is 2. The summed E-state index contributed by atoms with van der Waals surface area (Å²) in [6.45, 7) is 1.48. The average Bonchev–Trinajstić information content (AvgIpc) is 3.40. The summed E-state index contributed by atoms with van der Waals surface area (Å²) >= 11 is 0. The largest absolute Gasteiger partial charge is 0.586 e. The van der Waals surface area contributed by atoms with E-state index in [-0.39, 0.29) is 41.9 Å². The zero-order valence-electron chi connectivity index (χ0n) is 22.1. The zero-order valence-corrected chi connectivity index (χ0v) is 22.1. The molecular weight excluding hydrogens is 573 g/mol. The molecule has 3 atom stereocenters. The monoisotopic (exact) mass is 599 g/mol. The first-order valence-electron chi connectivity index (χ1n) is 13.4. The van der Waals surface area contributed by atoms with Gasteiger partial charge in [-0.15, -0.1) is 22.0 Å². The predicted molar refractivity (Wildman–Crippen MR) is 132 cm³/mol. The molecule has 1 saturated carbocycles. The van der Waals surface area contributed by atoms with Gasteiger partial charge in [0, 0.05) is 29.7 Å². The Morgan fingerprint density at radius 1 is 1.00 bits per heavy atom. The van der Waals surface area contributed by atoms with Gasteiger partial charge in [-0.2, -0.15) is 0 Å². The summed E-state index contributed by atoms with van der Waals surface area (Å²) in [4.78, 5) is 25.2. The standard InChI is InChI=1S/C28H26F5NO8/c1-26(12-38-21-11-23-22(9-17(21)26)41-28(32,33)42-23)25(37)34-18-10-19(13-2-4-14(5-3-13)24(35)36)39-20-8-15(6-7-16(18)20)40-27(29,30)31/h6-9,11,13-14,18-19H,2-5,10,12H2,1H3,(H,34,37)(H,35,36)/t13-,14+,18-,19-,26+/m1/s1. The van der Waals surface area contributed by atoms with E-state index in [9.17, 15) is 36.6 Å². The number of carbonyl (C=O) groups excluding carboxylic acids is 1. The summed E-state index contributed by atoms with van der Waals surface area (Å²) in [5, 5.41) is 12.3. The molecule has 1 aliphatic carbocycles. The lowest BCUT2D eigenvalue weighted by Crippen LogP contribution is -2.47. The number of carboxylic acids is 1. The minimum absolute atomic E-state index is 0.0899. The van der Waals surface area contributed by atoms with Crippen molar-refractivity contribution in [3.8, 4) is 28.7 Å². The number of nitrogens with one attached hydrogen (secondary N) is 1. The maximum absolute atomic E-state index is 13.8. The molecule has 226 valence electrons. The molecule has 0 saturated heterocycles. The maximum atomic E-state index is 13.8. The van der Waals surface area contributed by atoms with Gasteiger partial charge in [-0.05, 0) is 56.7 Å². The third kappa shape index (κ3) is 5.22. The first kappa shape index (κ1) is 28.2. The number of benzene rings is 2. The smallest absolute Gasteiger partial charge is 0.492 e. The van der Waals surface area contributed by atoms with E-state index in [2.05, 4.69) is 19.5 Å². The van der Waals surface area contributed by atoms with Gasteiger partial charge in [0.05, 0.1) is 12.0 Å². The van der Waals surface area contributed by atoms with Crippen LogP contribution in [-0.4, -0.2) is 42.4 Å². The molecule has 1 amide bonds. The van der Waals surface area contributed by atoms with Crippen molar-refractivity contribution in [2.45, 2.75) is 69.2 Å². The number of ether oxygens (including phenoxy) is 5. The Bertz CT molecular complexity index is 1420. The van der Waals surface area contributed by atoms with E-state index in [0.29, 0.717) is 36.8 Å². The fraction of sp³-hybridized carbons (Fsp3) is 0.500. The molecule has 2 aromatic rings. The average molecular weight is 600 g/mol. The quantitative estimate of drug-likeness (QED) is 0.436. The Morgan fingerprint density at radius 2 is 1.69 bits per heavy atom. The SMILES string of the molecule is C[C@]1(C(=O)N[C@@H]2C[C@H]([C@H]3CC[C@@H](C(=O)O)CC3)Oc3cc(OC(F)(F)F)ccc32)COc2cc3c(cc21)OC(F)(F)O3. The topological polar surface area (TPSA) is 113 Å². The molecule has 4 aliphatic rings. The summed E-state index contributed by atoms with van der Waals surface area (Å²) in [5.41, 5.74) is -0.579. The highest BCUT2D eigenvalue weighted by molar-refractivity contribution is 5.90. The Balaban J connectivity index is 1.27. The van der Waals surface area contributed by atoms with Crippen molar-refractivity contribution in [2.24, 2.45) is 11.8 Å². The van der Waals surface area contributed by atoms with Crippen LogP contribution in [0.1, 0.15) is 56.2 Å². The van der Waals surface area contributed by atoms with Crippen LogP contribution in [0.2, 0.25) is 0 Å². The molecule has 1 fully saturated rings. The van der Waals surface area contributed by atoms with Crippen LogP contribution in [-0.2, 0) is 15.0 Å². The van der Waals surface area contributed by atoms with Gasteiger partial charge < -0.3 is 34.1 Å². The Morgan fingerprint density at radius 3 is 2.36 bits per heavy atom. The van der Waals surface area contributed by atoms with Crippen molar-refractivity contribution in [2.75, 3.05) is 6.61 Å². The van der Waals surface area contributed by atoms with Gasteiger partial charge in [0.15, 0.2) is 11.5 Å². The van der Waals surface area contributed by atoms with E-state index in [4.69, 9.17) is 9.47 Å². The van der Waals surface area contributed by atoms with Crippen LogP contribution in [0.5, 0.6) is 28.7 Å². The number of hydrogen-bond acceptors (Lipinski definition) is 7. The van der Waals surface area contributed by atoms with E-state index in [1.807, 2.05) is 0 Å². The Kier molecular flexibility index (Phi) is 6.57. The van der Waals surface area contributed by atoms with Gasteiger partial charge in [0.1, 0.15) is 35.4 Å². The first-order chi connectivity index (χ1) is 19.7. The minimum atomic E-state index is -4.92. The number of hydrogen-bond donors (Lipinski definition) is 2. The maximum Gasteiger partial charge on any atom is 0.586 e. The zero-order chi connectivity index (χ0) is 30.0. The number of carboxylic acid groups (broad SMARTS) is 1. The fourth-order valence-corrected chi connectivity index (χ4v) is 6.17. The Labute approximate surface area is 235 Å². The van der Waals surface area contributed by atoms with Gasteiger partial charge in [0.2, 0.25) is 5.91 Å². The van der Waals surface area contributed by atoms with Crippen LogP contribution < -0.4 is 29.0 Å². The number of halogens is 5. The third-order valence-electron chi connectivity index (χ3n) is 8.41. The molecule has 3 heterocycles. The van der Waals surface area contributed by atoms with Gasteiger partial charge >= 0.3 is 18.6 Å². The molecule has 2 N–H and O–H groups in total. The van der Waals surface area contributed by atoms with E-state index >= 15 is 0 Å². The van der Waals surface area contributed by atoms with E-state index < -0.39 is 53.8 Å². The molecule has 9 nitrogen and oxygen atoms in total. The number of alkyl halides is 5. The van der Waals surface area contributed by atoms with Crippen molar-refractivity contribution in [3.63, 3.8) is 0 Å². The van der Waals surface area contributed by atoms with Gasteiger partial charge in [-0.25, -0.2) is 0 Å². The summed E-state index contributed by atoms with van der Waals surface area (Å²) in [7, 11) is 0. The highest BCUT2D eigenvalue weighted by Crippen LogP contribution is 2.50. The van der Waals surface area contributed by atoms with Crippen LogP contribution in [0, 0.1) is 11.8 Å². The van der Waals surface area contributed by atoms with Crippen molar-refractivity contribution in [3.05, 3.63) is 41.5 Å². The molecule has 0 bridgehead atoms. The summed E-state index contributed by atoms with van der Waals surface area (Å²) in [6.07, 6.45) is -7.08. The molecule has 0 radical (unpaired) electrons. The van der Waals surface area contributed by atoms with E-state index in [1.165, 1.54) is 18.2 Å². The summed E-state index contributed by atoms with van der Waals surface area (Å²) < 4.78 is 90.9. The van der Waals surface area contributed by atoms with Gasteiger partial charge in [0.25, 0.3) is 0 Å². The van der Waals surface area contributed by atoms with Gasteiger partial charge in [-0.1, -0.05) is 0 Å². The first-order valence-corrected chi connectivity index (χ1v) is 13.4. The third-order valence-corrected chi connectivity index (χ3v) is 8.41. The molecule has 14 heteroatoms. The van der Waals surface area contributed by atoms with Crippen molar-refractivity contribution in [1.82, 2.24) is 5.32 Å². The van der Waals surface area contributed by atoms with E-state index in [1.54, 1.807) is 6.92 Å². The second-order valence-electron chi connectivity index (χ2n) is 11.2. The molecule has 0 aromatic heterocycles. The highest BCUT2D eigenvalue weighted by Gasteiger charge is 2.50. The highest BCUT2D eigenvalue weighted by atomic mass is 19.4. The number of fused-ring (bicyclic) bond motifs is 3. The minimum Gasteiger partial charge on any atom is -0.492 e. The summed E-state index contributed by atoms with van der Waals surface area (Å²) in [6, 6.07) is 5.46. The van der Waals surface area contributed by atoms with Crippen molar-refractivity contribution >= 4 is 11.9 Å². The molecular formula is C28H26F5NO8. The van der Waals surface area contributed by atoms with E-state index in [0.717, 1.165) is 12.1 Å². The number of aliphatic carboxylic acids is 1. The van der Waals surface area contributed by atoms with Crippen LogP contribution in [0.4, 0.5) is 22.0 Å². The second kappa shape index (κ2) is 9.80. The molecule has 0 unspecified atom stereocenters. The number of rotatable bonds is 5. The molecule has 2 aromatic carbocycles. The lowest BCUT2D eigenvalue weighted by atomic mass is 9.76. The van der Waals surface area contributed by atoms with Crippen LogP contribution in [0.15, 0.2) is 30.3 Å². The molecule has 6 rings (SSSR count). The summed E-state index contributed by atoms with van der Waals surface area (Å²) in [5.74, 6) is -2.60. The van der Waals surface area contributed by atoms with Crippen molar-refractivity contribution < 1.29 is 60.3 Å². The second-order valence-corrected chi connectivity index (χ2v) is 11.2. The van der Waals surface area contributed by atoms with Crippen molar-refractivity contribution in [1.29, 1.82) is 0 Å². The fourth-order valence-electron chi connectivity index (χ4n) is 6.17. The molecule has 42 heavy (non-hydrogen) atoms. The molecule has 3 aliphatic heterocycles. The molecule has 0 spiro atoms.